The first kappa shape index (κ1) is 54.2. The van der Waals surface area contributed by atoms with Crippen molar-refractivity contribution in [3.8, 4) is 28.4 Å². The number of nitrogens with zero attached hydrogens (tertiary/aromatic N) is 4. The van der Waals surface area contributed by atoms with E-state index < -0.39 is 0 Å². The van der Waals surface area contributed by atoms with E-state index in [1.54, 1.807) is 0 Å². The molecule has 0 aliphatic carbocycles. The molecule has 0 atom stereocenters. The Balaban J connectivity index is 0.00000688. The summed E-state index contributed by atoms with van der Waals surface area (Å²) in [5.74, 6) is 2.02. The van der Waals surface area contributed by atoms with Crippen LogP contribution >= 0.6 is 0 Å². The van der Waals surface area contributed by atoms with E-state index in [4.69, 9.17) is 9.72 Å². The maximum Gasteiger partial charge on any atom is 0.135 e. The second kappa shape index (κ2) is 20.2. The van der Waals surface area contributed by atoms with Crippen molar-refractivity contribution in [2.45, 2.75) is 117 Å². The van der Waals surface area contributed by atoms with E-state index in [-0.39, 0.29) is 48.1 Å². The molecule has 1 aliphatic heterocycles. The molecule has 2 aromatic heterocycles. The molecular weight excluding hydrogens is 1130 g/mol. The summed E-state index contributed by atoms with van der Waals surface area (Å²) >= 11 is 0. The Morgan fingerprint density at radius 2 is 0.987 bits per heavy atom. The van der Waals surface area contributed by atoms with E-state index in [1.165, 1.54) is 38.9 Å². The molecule has 0 N–H and O–H groups in total. The van der Waals surface area contributed by atoms with Crippen molar-refractivity contribution >= 4 is 44.6 Å². The molecule has 0 unspecified atom stereocenters. The van der Waals surface area contributed by atoms with E-state index in [1.807, 2.05) is 12.3 Å². The van der Waals surface area contributed by atoms with Crippen molar-refractivity contribution in [2.24, 2.45) is 0 Å². The molecule has 398 valence electrons. The molecule has 1 aliphatic rings. The first-order chi connectivity index (χ1) is 36.5. The van der Waals surface area contributed by atoms with Gasteiger partial charge in [-0.3, -0.25) is 0 Å². The van der Waals surface area contributed by atoms with Gasteiger partial charge in [-0.25, -0.2) is 4.98 Å². The zero-order valence-corrected chi connectivity index (χ0v) is 49.8. The molecule has 5 nitrogen and oxygen atoms in total. The van der Waals surface area contributed by atoms with E-state index in [0.717, 1.165) is 61.5 Å². The molecule has 10 aromatic rings. The fraction of sp³-hybridized carbons (Fsp3) is 0.250. The van der Waals surface area contributed by atoms with Crippen molar-refractivity contribution in [3.05, 3.63) is 246 Å². The smallest absolute Gasteiger partial charge is 0.135 e. The summed E-state index contributed by atoms with van der Waals surface area (Å²) in [4.78, 5) is 9.66. The van der Waals surface area contributed by atoms with E-state index in [9.17, 15) is 0 Å². The van der Waals surface area contributed by atoms with Gasteiger partial charge >= 0.3 is 0 Å². The van der Waals surface area contributed by atoms with E-state index in [0.29, 0.717) is 11.5 Å². The van der Waals surface area contributed by atoms with Crippen molar-refractivity contribution in [3.63, 3.8) is 0 Å². The van der Waals surface area contributed by atoms with Crippen molar-refractivity contribution in [1.82, 2.24) is 9.55 Å². The Hall–Kier alpha value is -7.20. The molecule has 3 heterocycles. The summed E-state index contributed by atoms with van der Waals surface area (Å²) in [7, 11) is 0. The van der Waals surface area contributed by atoms with Crippen molar-refractivity contribution in [1.29, 1.82) is 0 Å². The number of pyridine rings is 1. The third-order valence-electron chi connectivity index (χ3n) is 16.0. The maximum atomic E-state index is 7.05. The summed E-state index contributed by atoms with van der Waals surface area (Å²) in [5, 5.41) is 2.25. The van der Waals surface area contributed by atoms with Gasteiger partial charge in [0, 0.05) is 72.2 Å². The SMILES string of the molecule is CC(C)(C)c1ccnc(-n2c3[c-]c(Oc4[c-]c(N5[CH-]N(c6cc(C(C)(C)c7ccccc7)cc(C(C)(C)c7ccccc7)c6)c6cc(C(C)(C)C)ccc65)cc(-c5ccccc5)c4)ccc3c3cc(C(C)(C)C)ccc32)c1.[Pt]. The quantitative estimate of drug-likeness (QED) is 0.128. The zero-order valence-electron chi connectivity index (χ0n) is 47.5. The number of benzene rings is 8. The molecule has 0 bridgehead atoms. The summed E-state index contributed by atoms with van der Waals surface area (Å²) in [5.41, 5.74) is 16.2. The van der Waals surface area contributed by atoms with Crippen LogP contribution < -0.4 is 14.5 Å². The Kier molecular flexibility index (Phi) is 14.0. The van der Waals surface area contributed by atoms with Gasteiger partial charge in [-0.05, 0) is 109 Å². The standard InChI is InChI=1S/C72H71N4O.Pt/c1-68(2,3)52-29-33-63-62(42-52)61-32-31-59(46-65(61)76(63)67-44-54(35-36-73-67)70(7,8)9)77-60-38-49(48-23-17-14-18-24-48)37-57(45-60)74-47-75(66-43-53(69(4,5)6)30-34-64(66)74)58-40-55(71(10,11)50-25-19-15-20-26-50)39-56(41-58)72(12,13)51-27-21-16-22-28-51;/h14-44,47H,1-13H3;/q-3;. The summed E-state index contributed by atoms with van der Waals surface area (Å²) in [6, 6.07) is 73.8. The number of aromatic nitrogens is 2. The van der Waals surface area contributed by atoms with Crippen LogP contribution in [-0.2, 0) is 48.1 Å². The number of rotatable bonds is 10. The van der Waals surface area contributed by atoms with Crippen LogP contribution in [0.2, 0.25) is 0 Å². The number of ether oxygens (including phenoxy) is 1. The first-order valence-electron chi connectivity index (χ1n) is 27.2. The van der Waals surface area contributed by atoms with Crippen LogP contribution in [0.4, 0.5) is 22.7 Å². The number of hydrogen-bond donors (Lipinski definition) is 0. The van der Waals surface area contributed by atoms with Crippen LogP contribution in [0.1, 0.15) is 129 Å². The molecular formula is C72H71N4OPt-3. The van der Waals surface area contributed by atoms with Gasteiger partial charge in [-0.2, -0.15) is 6.07 Å². The third-order valence-corrected chi connectivity index (χ3v) is 16.0. The minimum atomic E-state index is -0.297. The normalized spacial score (nSPS) is 13.2. The Labute approximate surface area is 478 Å². The van der Waals surface area contributed by atoms with E-state index >= 15 is 0 Å². The molecule has 8 aromatic carbocycles. The molecule has 6 heteroatoms. The molecule has 0 saturated carbocycles. The Morgan fingerprint density at radius 3 is 1.59 bits per heavy atom. The monoisotopic (exact) mass is 1200 g/mol. The van der Waals surface area contributed by atoms with Crippen LogP contribution in [0.5, 0.6) is 11.5 Å². The molecule has 0 fully saturated rings. The maximum absolute atomic E-state index is 7.05. The van der Waals surface area contributed by atoms with Gasteiger partial charge in [-0.1, -0.05) is 211 Å². The number of anilines is 4. The van der Waals surface area contributed by atoms with Gasteiger partial charge in [0.2, 0.25) is 0 Å². The summed E-state index contributed by atoms with van der Waals surface area (Å²) < 4.78 is 9.29. The van der Waals surface area contributed by atoms with Crippen LogP contribution in [-0.4, -0.2) is 9.55 Å². The molecule has 0 saturated heterocycles. The van der Waals surface area contributed by atoms with Crippen LogP contribution in [0.3, 0.4) is 0 Å². The van der Waals surface area contributed by atoms with Gasteiger partial charge in [0.1, 0.15) is 5.82 Å². The van der Waals surface area contributed by atoms with Gasteiger partial charge < -0.3 is 19.1 Å². The minimum Gasteiger partial charge on any atom is -0.509 e. The van der Waals surface area contributed by atoms with E-state index in [2.05, 4.69) is 299 Å². The van der Waals surface area contributed by atoms with Gasteiger partial charge in [0.05, 0.1) is 0 Å². The second-order valence-electron chi connectivity index (χ2n) is 25.2. The van der Waals surface area contributed by atoms with Crippen molar-refractivity contribution in [2.75, 3.05) is 9.80 Å². The predicted molar refractivity (Wildman–Crippen MR) is 323 cm³/mol. The molecule has 11 rings (SSSR count). The third kappa shape index (κ3) is 10.2. The summed E-state index contributed by atoms with van der Waals surface area (Å²) in [6.07, 6.45) is 1.92. The van der Waals surface area contributed by atoms with Crippen molar-refractivity contribution < 1.29 is 25.8 Å². The van der Waals surface area contributed by atoms with Crippen LogP contribution in [0.25, 0.3) is 38.8 Å². The van der Waals surface area contributed by atoms with Crippen LogP contribution in [0, 0.1) is 18.8 Å². The number of hydrogen-bond acceptors (Lipinski definition) is 4. The largest absolute Gasteiger partial charge is 0.509 e. The topological polar surface area (TPSA) is 33.5 Å². The fourth-order valence-electron chi connectivity index (χ4n) is 10.9. The second-order valence-corrected chi connectivity index (χ2v) is 25.2. The zero-order chi connectivity index (χ0) is 54.2. The Bertz CT molecular complexity index is 3750. The predicted octanol–water partition coefficient (Wildman–Crippen LogP) is 19.2. The number of fused-ring (bicyclic) bond motifs is 4. The minimum absolute atomic E-state index is 0. The van der Waals surface area contributed by atoms with Gasteiger partial charge in [0.15, 0.2) is 0 Å². The molecule has 0 spiro atoms. The average Bonchev–Trinajstić information content (AvgIpc) is 4.10. The summed E-state index contributed by atoms with van der Waals surface area (Å²) in [6.45, 7) is 32.0. The van der Waals surface area contributed by atoms with Gasteiger partial charge in [-0.15, -0.1) is 53.6 Å². The van der Waals surface area contributed by atoms with Gasteiger partial charge in [0.25, 0.3) is 0 Å². The fourth-order valence-corrected chi connectivity index (χ4v) is 10.9. The Morgan fingerprint density at radius 1 is 0.423 bits per heavy atom. The molecule has 0 amide bonds. The van der Waals surface area contributed by atoms with Crippen LogP contribution in [0.15, 0.2) is 188 Å². The molecule has 78 heavy (non-hydrogen) atoms. The first-order valence-corrected chi connectivity index (χ1v) is 27.2. The average molecular weight is 1200 g/mol. The molecule has 0 radical (unpaired) electrons.